The van der Waals surface area contributed by atoms with E-state index in [0.717, 1.165) is 0 Å². The molecule has 0 saturated heterocycles. The number of fused-ring (bicyclic) bond motifs is 1. The van der Waals surface area contributed by atoms with E-state index in [-0.39, 0.29) is 5.03 Å². The Morgan fingerprint density at radius 2 is 1.71 bits per heavy atom. The topological polar surface area (TPSA) is 111 Å². The summed E-state index contributed by atoms with van der Waals surface area (Å²) < 4.78 is 31.8. The SMILES string of the molecule is NC(=O)NS(=O)(=O)c1cc(Oc2ccccc2)c2ccccc2n1. The zero-order valence-electron chi connectivity index (χ0n) is 12.3. The summed E-state index contributed by atoms with van der Waals surface area (Å²) in [4.78, 5) is 15.0. The number of carbonyl (C=O) groups excluding carboxylic acids is 1. The molecule has 0 aliphatic rings. The highest BCUT2D eigenvalue weighted by Gasteiger charge is 2.20. The molecule has 0 aliphatic carbocycles. The Labute approximate surface area is 138 Å². The number of benzene rings is 2. The molecule has 0 radical (unpaired) electrons. The Balaban J connectivity index is 2.15. The summed E-state index contributed by atoms with van der Waals surface area (Å²) in [5.74, 6) is 0.844. The van der Waals surface area contributed by atoms with Crippen molar-refractivity contribution >= 4 is 27.0 Å². The van der Waals surface area contributed by atoms with Gasteiger partial charge in [0.1, 0.15) is 11.5 Å². The van der Waals surface area contributed by atoms with Crippen molar-refractivity contribution in [1.29, 1.82) is 0 Å². The Morgan fingerprint density at radius 1 is 1.04 bits per heavy atom. The van der Waals surface area contributed by atoms with E-state index in [2.05, 4.69) is 4.98 Å². The predicted molar refractivity (Wildman–Crippen MR) is 88.2 cm³/mol. The van der Waals surface area contributed by atoms with Crippen LogP contribution in [-0.2, 0) is 10.0 Å². The number of aromatic nitrogens is 1. The standard InChI is InChI=1S/C16H13N3O4S/c17-16(20)19-24(21,22)15-10-14(23-11-6-2-1-3-7-11)12-8-4-5-9-13(12)18-15/h1-10H,(H3,17,19,20). The van der Waals surface area contributed by atoms with Gasteiger partial charge in [-0.2, -0.15) is 8.42 Å². The summed E-state index contributed by atoms with van der Waals surface area (Å²) in [6, 6.07) is 15.9. The van der Waals surface area contributed by atoms with Gasteiger partial charge < -0.3 is 10.5 Å². The van der Waals surface area contributed by atoms with Crippen LogP contribution in [0.3, 0.4) is 0 Å². The van der Waals surface area contributed by atoms with Crippen molar-refractivity contribution in [2.75, 3.05) is 0 Å². The highest BCUT2D eigenvalue weighted by atomic mass is 32.2. The summed E-state index contributed by atoms with van der Waals surface area (Å²) in [7, 11) is -4.18. The van der Waals surface area contributed by atoms with Gasteiger partial charge in [-0.25, -0.2) is 14.5 Å². The molecule has 0 fully saturated rings. The Kier molecular flexibility index (Phi) is 4.05. The molecular weight excluding hydrogens is 330 g/mol. The fourth-order valence-electron chi connectivity index (χ4n) is 2.14. The van der Waals surface area contributed by atoms with Crippen LogP contribution < -0.4 is 15.2 Å². The van der Waals surface area contributed by atoms with Crippen molar-refractivity contribution in [3.05, 3.63) is 60.7 Å². The van der Waals surface area contributed by atoms with Gasteiger partial charge in [0, 0.05) is 11.5 Å². The van der Waals surface area contributed by atoms with Gasteiger partial charge in [0.25, 0.3) is 10.0 Å². The van der Waals surface area contributed by atoms with Crippen molar-refractivity contribution in [3.63, 3.8) is 0 Å². The quantitative estimate of drug-likeness (QED) is 0.755. The maximum Gasteiger partial charge on any atom is 0.326 e. The van der Waals surface area contributed by atoms with Gasteiger partial charge in [0.2, 0.25) is 0 Å². The molecule has 7 nitrogen and oxygen atoms in total. The number of carbonyl (C=O) groups is 1. The normalized spacial score (nSPS) is 11.2. The summed E-state index contributed by atoms with van der Waals surface area (Å²) >= 11 is 0. The van der Waals surface area contributed by atoms with Crippen LogP contribution in [0.4, 0.5) is 4.79 Å². The fraction of sp³-hybridized carbons (Fsp3) is 0. The Hall–Kier alpha value is -3.13. The molecule has 0 bridgehead atoms. The van der Waals surface area contributed by atoms with E-state index in [1.54, 1.807) is 53.3 Å². The average Bonchev–Trinajstić information content (AvgIpc) is 2.54. The van der Waals surface area contributed by atoms with E-state index < -0.39 is 16.1 Å². The van der Waals surface area contributed by atoms with Gasteiger partial charge in [0.05, 0.1) is 5.52 Å². The molecule has 0 aliphatic heterocycles. The van der Waals surface area contributed by atoms with Gasteiger partial charge >= 0.3 is 6.03 Å². The summed E-state index contributed by atoms with van der Waals surface area (Å²) in [5, 5.41) is 0.283. The number of nitrogens with one attached hydrogen (secondary N) is 1. The van der Waals surface area contributed by atoms with Crippen LogP contribution in [0, 0.1) is 0 Å². The van der Waals surface area contributed by atoms with Crippen molar-refractivity contribution in [1.82, 2.24) is 9.71 Å². The third kappa shape index (κ3) is 3.28. The van der Waals surface area contributed by atoms with Gasteiger partial charge in [-0.1, -0.05) is 30.3 Å². The van der Waals surface area contributed by atoms with Crippen LogP contribution in [0.25, 0.3) is 10.9 Å². The van der Waals surface area contributed by atoms with Crippen LogP contribution in [-0.4, -0.2) is 19.4 Å². The third-order valence-corrected chi connectivity index (χ3v) is 4.37. The van der Waals surface area contributed by atoms with Crippen LogP contribution in [0.5, 0.6) is 11.5 Å². The average molecular weight is 343 g/mol. The number of amides is 2. The zero-order chi connectivity index (χ0) is 17.2. The second-order valence-corrected chi connectivity index (χ2v) is 6.49. The molecule has 1 aromatic heterocycles. The van der Waals surface area contributed by atoms with E-state index in [1.807, 2.05) is 6.07 Å². The molecule has 122 valence electrons. The number of urea groups is 1. The molecule has 2 aromatic carbocycles. The van der Waals surface area contributed by atoms with E-state index in [0.29, 0.717) is 22.4 Å². The summed E-state index contributed by atoms with van der Waals surface area (Å²) in [6.45, 7) is 0. The van der Waals surface area contributed by atoms with Gasteiger partial charge in [-0.15, -0.1) is 0 Å². The second kappa shape index (κ2) is 6.17. The van der Waals surface area contributed by atoms with E-state index in [1.165, 1.54) is 6.07 Å². The minimum Gasteiger partial charge on any atom is -0.457 e. The second-order valence-electron chi connectivity index (χ2n) is 4.86. The highest BCUT2D eigenvalue weighted by molar-refractivity contribution is 7.90. The van der Waals surface area contributed by atoms with Crippen LogP contribution in [0.1, 0.15) is 0 Å². The lowest BCUT2D eigenvalue weighted by atomic mass is 10.2. The number of ether oxygens (including phenoxy) is 1. The number of hydrogen-bond donors (Lipinski definition) is 2. The molecule has 2 amide bonds. The van der Waals surface area contributed by atoms with Crippen LogP contribution in [0.2, 0.25) is 0 Å². The number of nitrogens with two attached hydrogens (primary N) is 1. The maximum absolute atomic E-state index is 12.2. The largest absolute Gasteiger partial charge is 0.457 e. The predicted octanol–water partition coefficient (Wildman–Crippen LogP) is 2.38. The number of para-hydroxylation sites is 2. The molecule has 0 unspecified atom stereocenters. The third-order valence-electron chi connectivity index (χ3n) is 3.14. The zero-order valence-corrected chi connectivity index (χ0v) is 13.2. The Bertz CT molecular complexity index is 1000. The first kappa shape index (κ1) is 15.8. The van der Waals surface area contributed by atoms with E-state index in [9.17, 15) is 13.2 Å². The molecule has 24 heavy (non-hydrogen) atoms. The monoisotopic (exact) mass is 343 g/mol. The molecule has 0 spiro atoms. The number of sulfonamides is 1. The van der Waals surface area contributed by atoms with Crippen molar-refractivity contribution in [2.24, 2.45) is 5.73 Å². The first-order valence-electron chi connectivity index (χ1n) is 6.91. The van der Waals surface area contributed by atoms with Crippen molar-refractivity contribution in [2.45, 2.75) is 5.03 Å². The lowest BCUT2D eigenvalue weighted by Crippen LogP contribution is -2.35. The molecular formula is C16H13N3O4S. The molecule has 8 heteroatoms. The minimum atomic E-state index is -4.18. The highest BCUT2D eigenvalue weighted by Crippen LogP contribution is 2.31. The smallest absolute Gasteiger partial charge is 0.326 e. The fourth-order valence-corrected chi connectivity index (χ4v) is 2.99. The number of rotatable bonds is 4. The number of nitrogens with zero attached hydrogens (tertiary/aromatic N) is 1. The molecule has 1 heterocycles. The molecule has 3 N–H and O–H groups in total. The lowest BCUT2D eigenvalue weighted by Gasteiger charge is -2.11. The Morgan fingerprint density at radius 3 is 2.42 bits per heavy atom. The van der Waals surface area contributed by atoms with E-state index >= 15 is 0 Å². The van der Waals surface area contributed by atoms with Crippen molar-refractivity contribution in [3.8, 4) is 11.5 Å². The van der Waals surface area contributed by atoms with Gasteiger partial charge in [-0.05, 0) is 24.3 Å². The summed E-state index contributed by atoms with van der Waals surface area (Å²) in [5.41, 5.74) is 5.31. The van der Waals surface area contributed by atoms with Crippen molar-refractivity contribution < 1.29 is 17.9 Å². The first-order valence-corrected chi connectivity index (χ1v) is 8.39. The first-order chi connectivity index (χ1) is 11.5. The number of primary amides is 1. The lowest BCUT2D eigenvalue weighted by molar-refractivity contribution is 0.253. The minimum absolute atomic E-state index is 0.302. The maximum atomic E-state index is 12.2. The van der Waals surface area contributed by atoms with Gasteiger partial charge in [0.15, 0.2) is 5.03 Å². The molecule has 0 atom stereocenters. The van der Waals surface area contributed by atoms with Crippen LogP contribution >= 0.6 is 0 Å². The molecule has 0 saturated carbocycles. The number of pyridine rings is 1. The molecule has 3 aromatic rings. The van der Waals surface area contributed by atoms with Gasteiger partial charge in [-0.3, -0.25) is 0 Å². The summed E-state index contributed by atoms with van der Waals surface area (Å²) in [6.07, 6.45) is 0. The molecule has 3 rings (SSSR count). The number of hydrogen-bond acceptors (Lipinski definition) is 5. The van der Waals surface area contributed by atoms with Crippen LogP contribution in [0.15, 0.2) is 65.7 Å². The van der Waals surface area contributed by atoms with E-state index in [4.69, 9.17) is 10.5 Å².